The summed E-state index contributed by atoms with van der Waals surface area (Å²) in [4.78, 5) is 11.7. The Morgan fingerprint density at radius 2 is 2.00 bits per heavy atom. The van der Waals surface area contributed by atoms with Crippen molar-refractivity contribution in [3.63, 3.8) is 0 Å². The lowest BCUT2D eigenvalue weighted by molar-refractivity contribution is -0.123. The maximum atomic E-state index is 12.5. The van der Waals surface area contributed by atoms with E-state index in [1.54, 1.807) is 0 Å². The lowest BCUT2D eigenvalue weighted by Gasteiger charge is -2.12. The van der Waals surface area contributed by atoms with Crippen molar-refractivity contribution in [3.8, 4) is 0 Å². The van der Waals surface area contributed by atoms with Crippen LogP contribution in [0.15, 0.2) is 0 Å². The Hall–Kier alpha value is -0.650. The molecule has 0 aromatic carbocycles. The molecule has 0 heterocycles. The summed E-state index contributed by atoms with van der Waals surface area (Å²) in [6.45, 7) is 2.04. The van der Waals surface area contributed by atoms with Crippen LogP contribution in [0.25, 0.3) is 0 Å². The van der Waals surface area contributed by atoms with Gasteiger partial charge >= 0.3 is 10.2 Å². The zero-order valence-corrected chi connectivity index (χ0v) is 10.7. The first-order valence-corrected chi connectivity index (χ1v) is 7.63. The van der Waals surface area contributed by atoms with Crippen LogP contribution in [-0.4, -0.2) is 26.1 Å². The number of amides is 1. The predicted molar refractivity (Wildman–Crippen MR) is 61.4 cm³/mol. The summed E-state index contributed by atoms with van der Waals surface area (Å²) in [6, 6.07) is 0.0297. The lowest BCUT2D eigenvalue weighted by atomic mass is 10.1. The van der Waals surface area contributed by atoms with Crippen LogP contribution in [-0.2, 0) is 15.0 Å². The number of hydrogen-bond donors (Lipinski definition) is 1. The molecule has 17 heavy (non-hydrogen) atoms. The van der Waals surface area contributed by atoms with Gasteiger partial charge in [0.15, 0.2) is 0 Å². The fraction of sp³-hybridized carbons (Fsp3) is 0.909. The van der Waals surface area contributed by atoms with E-state index >= 15 is 0 Å². The molecule has 4 atom stereocenters. The zero-order chi connectivity index (χ0) is 12.6. The largest absolute Gasteiger partial charge is 0.353 e. The summed E-state index contributed by atoms with van der Waals surface area (Å²) in [5.74, 6) is 0.134. The van der Waals surface area contributed by atoms with E-state index in [0.29, 0.717) is 18.8 Å². The first-order chi connectivity index (χ1) is 7.85. The molecule has 1 N–H and O–H groups in total. The molecule has 2 aliphatic carbocycles. The third kappa shape index (κ3) is 3.66. The number of carbonyl (C=O) groups is 1. The van der Waals surface area contributed by atoms with Crippen LogP contribution in [0.3, 0.4) is 0 Å². The Labute approximate surface area is 101 Å². The smallest absolute Gasteiger partial charge is 0.302 e. The molecule has 0 saturated heterocycles. The summed E-state index contributed by atoms with van der Waals surface area (Å²) < 4.78 is 33.6. The third-order valence-corrected chi connectivity index (χ3v) is 4.64. The minimum absolute atomic E-state index is 0.0297. The molecule has 0 radical (unpaired) electrons. The molecular formula is C11H18FNO3S. The predicted octanol–water partition coefficient (Wildman–Crippen LogP) is 1.23. The lowest BCUT2D eigenvalue weighted by Crippen LogP contribution is -2.34. The summed E-state index contributed by atoms with van der Waals surface area (Å²) in [6.07, 6.45) is 2.96. The van der Waals surface area contributed by atoms with Crippen molar-refractivity contribution in [1.82, 2.24) is 5.32 Å². The van der Waals surface area contributed by atoms with Gasteiger partial charge in [0, 0.05) is 12.0 Å². The summed E-state index contributed by atoms with van der Waals surface area (Å²) in [5.41, 5.74) is 0. The summed E-state index contributed by atoms with van der Waals surface area (Å²) in [5, 5.41) is 2.93. The van der Waals surface area contributed by atoms with E-state index in [2.05, 4.69) is 5.32 Å². The van der Waals surface area contributed by atoms with Gasteiger partial charge in [-0.1, -0.05) is 6.92 Å². The van der Waals surface area contributed by atoms with Gasteiger partial charge in [0.2, 0.25) is 5.91 Å². The van der Waals surface area contributed by atoms with Crippen LogP contribution >= 0.6 is 0 Å². The van der Waals surface area contributed by atoms with Gasteiger partial charge in [0.25, 0.3) is 0 Å². The minimum Gasteiger partial charge on any atom is -0.353 e. The SMILES string of the molecule is CC1CC1C(=O)N[C@H]1CC[C@@H](CS(=O)(=O)F)C1. The Morgan fingerprint density at radius 1 is 1.35 bits per heavy atom. The Kier molecular flexibility index (Phi) is 3.43. The quantitative estimate of drug-likeness (QED) is 0.776. The molecule has 0 bridgehead atoms. The van der Waals surface area contributed by atoms with Crippen molar-refractivity contribution in [2.75, 3.05) is 5.75 Å². The third-order valence-electron chi connectivity index (χ3n) is 3.77. The van der Waals surface area contributed by atoms with E-state index in [0.717, 1.165) is 12.8 Å². The van der Waals surface area contributed by atoms with Crippen molar-refractivity contribution >= 4 is 16.1 Å². The topological polar surface area (TPSA) is 63.2 Å². The molecule has 1 amide bonds. The van der Waals surface area contributed by atoms with Crippen LogP contribution in [0, 0.1) is 17.8 Å². The van der Waals surface area contributed by atoms with E-state index in [1.165, 1.54) is 0 Å². The van der Waals surface area contributed by atoms with Gasteiger partial charge in [-0.2, -0.15) is 8.42 Å². The molecule has 2 rings (SSSR count). The van der Waals surface area contributed by atoms with E-state index < -0.39 is 16.0 Å². The molecule has 2 aliphatic rings. The van der Waals surface area contributed by atoms with Crippen molar-refractivity contribution in [2.24, 2.45) is 17.8 Å². The molecule has 0 aliphatic heterocycles. The molecule has 6 heteroatoms. The van der Waals surface area contributed by atoms with E-state index in [4.69, 9.17) is 0 Å². The zero-order valence-electron chi connectivity index (χ0n) is 9.86. The number of halogens is 1. The normalized spacial score (nSPS) is 36.8. The second-order valence-corrected chi connectivity index (χ2v) is 6.82. The van der Waals surface area contributed by atoms with Gasteiger partial charge in [-0.15, -0.1) is 3.89 Å². The maximum Gasteiger partial charge on any atom is 0.302 e. The highest BCUT2D eigenvalue weighted by atomic mass is 32.3. The fourth-order valence-electron chi connectivity index (χ4n) is 2.63. The van der Waals surface area contributed by atoms with E-state index in [1.807, 2.05) is 6.92 Å². The Bertz CT molecular complexity index is 409. The first-order valence-electron chi connectivity index (χ1n) is 6.08. The second kappa shape index (κ2) is 4.55. The molecule has 2 fully saturated rings. The Balaban J connectivity index is 1.76. The summed E-state index contributed by atoms with van der Waals surface area (Å²) in [7, 11) is -4.38. The molecule has 98 valence electrons. The average Bonchev–Trinajstić information content (AvgIpc) is 2.75. The van der Waals surface area contributed by atoms with Crippen LogP contribution in [0.1, 0.15) is 32.6 Å². The first kappa shape index (κ1) is 12.8. The second-order valence-electron chi connectivity index (χ2n) is 5.41. The number of rotatable bonds is 4. The molecule has 0 aromatic heterocycles. The highest BCUT2D eigenvalue weighted by Gasteiger charge is 2.40. The number of carbonyl (C=O) groups excluding carboxylic acids is 1. The molecular weight excluding hydrogens is 245 g/mol. The van der Waals surface area contributed by atoms with Crippen molar-refractivity contribution in [1.29, 1.82) is 0 Å². The standard InChI is InChI=1S/C11H18FNO3S/c1-7-4-10(7)11(14)13-9-3-2-8(5-9)6-17(12,15)16/h7-10H,2-6H2,1H3,(H,13,14)/t7?,8-,9+,10?/m1/s1. The summed E-state index contributed by atoms with van der Waals surface area (Å²) >= 11 is 0. The molecule has 2 unspecified atom stereocenters. The van der Waals surface area contributed by atoms with Crippen LogP contribution in [0.2, 0.25) is 0 Å². The maximum absolute atomic E-state index is 12.5. The van der Waals surface area contributed by atoms with E-state index in [9.17, 15) is 17.1 Å². The Morgan fingerprint density at radius 3 is 2.53 bits per heavy atom. The number of hydrogen-bond acceptors (Lipinski definition) is 3. The monoisotopic (exact) mass is 263 g/mol. The van der Waals surface area contributed by atoms with Crippen molar-refractivity contribution < 1.29 is 17.1 Å². The highest BCUT2D eigenvalue weighted by molar-refractivity contribution is 7.86. The van der Waals surface area contributed by atoms with Gasteiger partial charge in [0.05, 0.1) is 5.75 Å². The fourth-order valence-corrected chi connectivity index (χ4v) is 3.50. The van der Waals surface area contributed by atoms with Crippen LogP contribution in [0.5, 0.6) is 0 Å². The van der Waals surface area contributed by atoms with Crippen LogP contribution in [0.4, 0.5) is 3.89 Å². The van der Waals surface area contributed by atoms with E-state index in [-0.39, 0.29) is 23.8 Å². The number of nitrogens with one attached hydrogen (secondary N) is 1. The molecule has 0 spiro atoms. The van der Waals surface area contributed by atoms with Crippen molar-refractivity contribution in [3.05, 3.63) is 0 Å². The minimum atomic E-state index is -4.38. The molecule has 4 nitrogen and oxygen atoms in total. The van der Waals surface area contributed by atoms with Crippen molar-refractivity contribution in [2.45, 2.75) is 38.6 Å². The van der Waals surface area contributed by atoms with Gasteiger partial charge in [-0.25, -0.2) is 0 Å². The molecule has 2 saturated carbocycles. The molecule has 0 aromatic rings. The highest BCUT2D eigenvalue weighted by Crippen LogP contribution is 2.38. The van der Waals surface area contributed by atoms with Gasteiger partial charge in [-0.05, 0) is 37.5 Å². The van der Waals surface area contributed by atoms with Gasteiger partial charge in [0.1, 0.15) is 0 Å². The van der Waals surface area contributed by atoms with Gasteiger partial charge in [-0.3, -0.25) is 4.79 Å². The average molecular weight is 263 g/mol. The van der Waals surface area contributed by atoms with Gasteiger partial charge < -0.3 is 5.32 Å². The van der Waals surface area contributed by atoms with Crippen LogP contribution < -0.4 is 5.32 Å².